The van der Waals surface area contributed by atoms with Gasteiger partial charge in [0.1, 0.15) is 5.75 Å². The summed E-state index contributed by atoms with van der Waals surface area (Å²) in [5.74, 6) is 0.537. The highest BCUT2D eigenvalue weighted by atomic mass is 32.2. The fourth-order valence-corrected chi connectivity index (χ4v) is 6.60. The van der Waals surface area contributed by atoms with Gasteiger partial charge < -0.3 is 9.64 Å². The van der Waals surface area contributed by atoms with Crippen molar-refractivity contribution in [3.63, 3.8) is 0 Å². The van der Waals surface area contributed by atoms with E-state index >= 15 is 0 Å². The van der Waals surface area contributed by atoms with Crippen molar-refractivity contribution < 1.29 is 17.9 Å². The van der Waals surface area contributed by atoms with Gasteiger partial charge in [-0.05, 0) is 82.4 Å². The van der Waals surface area contributed by atoms with Gasteiger partial charge in [-0.25, -0.2) is 13.4 Å². The Labute approximate surface area is 231 Å². The molecule has 0 atom stereocenters. The fourth-order valence-electron chi connectivity index (χ4n) is 4.06. The number of ether oxygens (including phenoxy) is 1. The number of carbonyl (C=O) groups is 1. The minimum atomic E-state index is -3.63. The highest BCUT2D eigenvalue weighted by Gasteiger charge is 2.25. The van der Waals surface area contributed by atoms with E-state index in [0.717, 1.165) is 54.6 Å². The van der Waals surface area contributed by atoms with Crippen LogP contribution in [0.2, 0.25) is 0 Å². The van der Waals surface area contributed by atoms with Crippen molar-refractivity contribution >= 4 is 42.6 Å². The highest BCUT2D eigenvalue weighted by molar-refractivity contribution is 7.89. The molecule has 0 bridgehead atoms. The molecule has 1 aromatic heterocycles. The van der Waals surface area contributed by atoms with Crippen LogP contribution in [0.25, 0.3) is 10.2 Å². The molecule has 0 aliphatic rings. The Bertz CT molecular complexity index is 1280. The lowest BCUT2D eigenvalue weighted by Gasteiger charge is -2.23. The van der Waals surface area contributed by atoms with Crippen LogP contribution in [0.4, 0.5) is 5.13 Å². The first-order chi connectivity index (χ1) is 18.2. The van der Waals surface area contributed by atoms with E-state index in [1.807, 2.05) is 32.3 Å². The number of fused-ring (bicyclic) bond motifs is 1. The van der Waals surface area contributed by atoms with Crippen LogP contribution in [0, 0.1) is 0 Å². The van der Waals surface area contributed by atoms with E-state index in [0.29, 0.717) is 30.3 Å². The molecule has 0 saturated carbocycles. The summed E-state index contributed by atoms with van der Waals surface area (Å²) < 4.78 is 34.5. The Kier molecular flexibility index (Phi) is 11.1. The molecule has 0 radical (unpaired) electrons. The molecule has 38 heavy (non-hydrogen) atoms. The Morgan fingerprint density at radius 1 is 0.921 bits per heavy atom. The largest absolute Gasteiger partial charge is 0.497 e. The molecule has 0 saturated heterocycles. The lowest BCUT2D eigenvalue weighted by Crippen LogP contribution is -2.34. The minimum Gasteiger partial charge on any atom is -0.497 e. The molecule has 0 fully saturated rings. The van der Waals surface area contributed by atoms with Gasteiger partial charge >= 0.3 is 0 Å². The first kappa shape index (κ1) is 30.0. The average Bonchev–Trinajstić information content (AvgIpc) is 3.33. The Hall–Kier alpha value is -2.53. The van der Waals surface area contributed by atoms with Gasteiger partial charge in [-0.15, -0.1) is 0 Å². The average molecular weight is 561 g/mol. The van der Waals surface area contributed by atoms with E-state index in [1.165, 1.54) is 11.3 Å². The van der Waals surface area contributed by atoms with Gasteiger partial charge in [-0.2, -0.15) is 4.31 Å². The number of rotatable bonds is 15. The van der Waals surface area contributed by atoms with Crippen molar-refractivity contribution in [1.82, 2.24) is 14.2 Å². The lowest BCUT2D eigenvalue weighted by molar-refractivity contribution is 0.0986. The van der Waals surface area contributed by atoms with Crippen molar-refractivity contribution in [3.05, 3.63) is 48.0 Å². The minimum absolute atomic E-state index is 0.201. The van der Waals surface area contributed by atoms with Gasteiger partial charge in [-0.3, -0.25) is 9.69 Å². The SMILES string of the molecule is CCCCN(CCCC)S(=O)(=O)c1ccc(C(=O)N(CCCN(C)C)c2nc3ccc(OC)cc3s2)cc1. The molecule has 3 rings (SSSR count). The van der Waals surface area contributed by atoms with E-state index in [4.69, 9.17) is 9.72 Å². The normalized spacial score (nSPS) is 12.0. The van der Waals surface area contributed by atoms with Crippen LogP contribution in [0.15, 0.2) is 47.4 Å². The molecule has 2 aromatic carbocycles. The molecular weight excluding hydrogens is 520 g/mol. The van der Waals surface area contributed by atoms with Gasteiger partial charge in [0.25, 0.3) is 5.91 Å². The summed E-state index contributed by atoms with van der Waals surface area (Å²) in [5, 5.41) is 0.610. The predicted octanol–water partition coefficient (Wildman–Crippen LogP) is 5.49. The summed E-state index contributed by atoms with van der Waals surface area (Å²) in [6.45, 7) is 6.43. The van der Waals surface area contributed by atoms with Crippen LogP contribution in [0.1, 0.15) is 56.3 Å². The number of benzene rings is 2. The Morgan fingerprint density at radius 3 is 2.16 bits per heavy atom. The monoisotopic (exact) mass is 560 g/mol. The smallest absolute Gasteiger partial charge is 0.260 e. The number of anilines is 1. The summed E-state index contributed by atoms with van der Waals surface area (Å²) in [6, 6.07) is 12.0. The maximum Gasteiger partial charge on any atom is 0.260 e. The summed E-state index contributed by atoms with van der Waals surface area (Å²) in [4.78, 5) is 22.4. The second kappa shape index (κ2) is 14.0. The first-order valence-corrected chi connectivity index (χ1v) is 15.5. The predicted molar refractivity (Wildman–Crippen MR) is 156 cm³/mol. The summed E-state index contributed by atoms with van der Waals surface area (Å²) in [5.41, 5.74) is 1.23. The van der Waals surface area contributed by atoms with Crippen molar-refractivity contribution in [3.8, 4) is 5.75 Å². The molecule has 8 nitrogen and oxygen atoms in total. The van der Waals surface area contributed by atoms with Gasteiger partial charge in [0.2, 0.25) is 10.0 Å². The van der Waals surface area contributed by atoms with Crippen LogP contribution in [-0.2, 0) is 10.0 Å². The van der Waals surface area contributed by atoms with Crippen LogP contribution in [-0.4, -0.2) is 75.9 Å². The van der Waals surface area contributed by atoms with E-state index < -0.39 is 10.0 Å². The third kappa shape index (κ3) is 7.53. The molecule has 208 valence electrons. The van der Waals surface area contributed by atoms with Gasteiger partial charge in [0, 0.05) is 25.2 Å². The quantitative estimate of drug-likeness (QED) is 0.244. The first-order valence-electron chi connectivity index (χ1n) is 13.2. The molecule has 0 aliphatic heterocycles. The number of amides is 1. The Balaban J connectivity index is 1.89. The number of hydrogen-bond donors (Lipinski definition) is 0. The maximum atomic E-state index is 13.7. The van der Waals surface area contributed by atoms with Crippen LogP contribution >= 0.6 is 11.3 Å². The van der Waals surface area contributed by atoms with Crippen molar-refractivity contribution in [2.45, 2.75) is 50.8 Å². The number of aromatic nitrogens is 1. The molecule has 1 heterocycles. The van der Waals surface area contributed by atoms with Crippen molar-refractivity contribution in [2.24, 2.45) is 0 Å². The maximum absolute atomic E-state index is 13.7. The standard InChI is InChI=1S/C28H40N4O4S2/c1-6-8-18-31(19-9-7-2)38(34,35)24-14-11-22(12-15-24)27(33)32(20-10-17-30(3)4)28-29-25-16-13-23(36-5)21-26(25)37-28/h11-16,21H,6-10,17-20H2,1-5H3. The molecule has 0 spiro atoms. The van der Waals surface area contributed by atoms with E-state index in [2.05, 4.69) is 18.7 Å². The molecule has 0 unspecified atom stereocenters. The highest BCUT2D eigenvalue weighted by Crippen LogP contribution is 2.32. The summed E-state index contributed by atoms with van der Waals surface area (Å²) in [6.07, 6.45) is 4.25. The van der Waals surface area contributed by atoms with Crippen molar-refractivity contribution in [2.75, 3.05) is 52.3 Å². The van der Waals surface area contributed by atoms with E-state index in [-0.39, 0.29) is 10.8 Å². The zero-order valence-electron chi connectivity index (χ0n) is 23.1. The van der Waals surface area contributed by atoms with Crippen molar-refractivity contribution in [1.29, 1.82) is 0 Å². The second-order valence-corrected chi connectivity index (χ2v) is 12.5. The Morgan fingerprint density at radius 2 is 1.58 bits per heavy atom. The zero-order chi connectivity index (χ0) is 27.7. The fraction of sp³-hybridized carbons (Fsp3) is 0.500. The number of thiazole rings is 1. The third-order valence-corrected chi connectivity index (χ3v) is 9.26. The number of unbranched alkanes of at least 4 members (excludes halogenated alkanes) is 2. The van der Waals surface area contributed by atoms with E-state index in [9.17, 15) is 13.2 Å². The molecule has 1 amide bonds. The van der Waals surface area contributed by atoms with Gasteiger partial charge in [0.15, 0.2) is 5.13 Å². The van der Waals surface area contributed by atoms with Crippen LogP contribution < -0.4 is 9.64 Å². The van der Waals surface area contributed by atoms with Gasteiger partial charge in [-0.1, -0.05) is 38.0 Å². The molecule has 0 aliphatic carbocycles. The topological polar surface area (TPSA) is 83.1 Å². The third-order valence-electron chi connectivity index (χ3n) is 6.31. The van der Waals surface area contributed by atoms with Crippen LogP contribution in [0.3, 0.4) is 0 Å². The number of hydrogen-bond acceptors (Lipinski definition) is 7. The number of methoxy groups -OCH3 is 1. The lowest BCUT2D eigenvalue weighted by atomic mass is 10.2. The molecule has 10 heteroatoms. The summed E-state index contributed by atoms with van der Waals surface area (Å²) >= 11 is 1.44. The molecule has 0 N–H and O–H groups in total. The van der Waals surface area contributed by atoms with Gasteiger partial charge in [0.05, 0.1) is 22.2 Å². The van der Waals surface area contributed by atoms with E-state index in [1.54, 1.807) is 40.6 Å². The number of sulfonamides is 1. The number of carbonyl (C=O) groups excluding carboxylic acids is 1. The molecular formula is C28H40N4O4S2. The number of nitrogens with zero attached hydrogens (tertiary/aromatic N) is 4. The second-order valence-electron chi connectivity index (χ2n) is 9.58. The zero-order valence-corrected chi connectivity index (χ0v) is 24.8. The molecule has 3 aromatic rings. The van der Waals surface area contributed by atoms with Crippen LogP contribution in [0.5, 0.6) is 5.75 Å². The summed E-state index contributed by atoms with van der Waals surface area (Å²) in [7, 11) is 1.99.